The number of anilines is 1. The number of hydrogen-bond donors (Lipinski definition) is 2. The van der Waals surface area contributed by atoms with Crippen molar-refractivity contribution < 1.29 is 32.3 Å². The predicted octanol–water partition coefficient (Wildman–Crippen LogP) is 2.87. The van der Waals surface area contributed by atoms with E-state index in [-0.39, 0.29) is 24.4 Å². The van der Waals surface area contributed by atoms with Crippen LogP contribution in [0.15, 0.2) is 24.3 Å². The van der Waals surface area contributed by atoms with Gasteiger partial charge in [0.1, 0.15) is 12.5 Å². The number of benzene rings is 1. The summed E-state index contributed by atoms with van der Waals surface area (Å²) in [5.41, 5.74) is 0.709. The molecule has 0 spiro atoms. The first-order valence-corrected chi connectivity index (χ1v) is 9.96. The number of alkyl halides is 3. The highest BCUT2D eigenvalue weighted by molar-refractivity contribution is 7.99. The highest BCUT2D eigenvalue weighted by Gasteiger charge is 2.37. The minimum Gasteiger partial charge on any atom is -0.343 e. The van der Waals surface area contributed by atoms with Crippen molar-refractivity contribution in [2.24, 2.45) is 0 Å². The van der Waals surface area contributed by atoms with Crippen molar-refractivity contribution in [2.45, 2.75) is 38.4 Å². The second kappa shape index (κ2) is 12.0. The SMILES string of the molecule is CC(=O)c1cccc(NC(=O)[C@H](CCCSCC(=O)C(F)(F)F)NC(=O)CC#N)c1. The van der Waals surface area contributed by atoms with Crippen molar-refractivity contribution in [3.05, 3.63) is 29.8 Å². The molecule has 1 aromatic carbocycles. The van der Waals surface area contributed by atoms with Crippen molar-refractivity contribution in [1.29, 1.82) is 5.26 Å². The minimum absolute atomic E-state index is 0.0859. The van der Waals surface area contributed by atoms with E-state index in [2.05, 4.69) is 10.6 Å². The van der Waals surface area contributed by atoms with Crippen LogP contribution in [-0.4, -0.2) is 47.1 Å². The number of Topliss-reactive ketones (excluding diaryl/α,β-unsaturated/α-hetero) is 2. The van der Waals surface area contributed by atoms with Gasteiger partial charge in [-0.1, -0.05) is 12.1 Å². The number of carbonyl (C=O) groups is 4. The molecular formula is C19H20F3N3O4S. The highest BCUT2D eigenvalue weighted by atomic mass is 32.2. The number of nitriles is 1. The second-order valence-corrected chi connectivity index (χ2v) is 7.30. The zero-order valence-corrected chi connectivity index (χ0v) is 16.9. The molecule has 30 heavy (non-hydrogen) atoms. The topological polar surface area (TPSA) is 116 Å². The van der Waals surface area contributed by atoms with Gasteiger partial charge < -0.3 is 10.6 Å². The predicted molar refractivity (Wildman–Crippen MR) is 105 cm³/mol. The average Bonchev–Trinajstić information content (AvgIpc) is 2.66. The molecule has 0 aliphatic carbocycles. The summed E-state index contributed by atoms with van der Waals surface area (Å²) in [6.45, 7) is 1.37. The zero-order chi connectivity index (χ0) is 22.7. The van der Waals surface area contributed by atoms with Gasteiger partial charge in [0.25, 0.3) is 0 Å². The fourth-order valence-corrected chi connectivity index (χ4v) is 3.13. The Bertz CT molecular complexity index is 837. The zero-order valence-electron chi connectivity index (χ0n) is 16.0. The summed E-state index contributed by atoms with van der Waals surface area (Å²) in [4.78, 5) is 46.5. The van der Waals surface area contributed by atoms with E-state index in [0.717, 1.165) is 11.8 Å². The number of halogens is 3. The molecule has 162 valence electrons. The Kier molecular flexibility index (Phi) is 10.0. The molecule has 11 heteroatoms. The van der Waals surface area contributed by atoms with Crippen LogP contribution in [0.4, 0.5) is 18.9 Å². The molecule has 0 unspecified atom stereocenters. The summed E-state index contributed by atoms with van der Waals surface area (Å²) in [6.07, 6.45) is -5.01. The normalized spacial score (nSPS) is 11.8. The van der Waals surface area contributed by atoms with Gasteiger partial charge in [0, 0.05) is 11.3 Å². The van der Waals surface area contributed by atoms with Crippen LogP contribution in [-0.2, 0) is 14.4 Å². The van der Waals surface area contributed by atoms with Crippen molar-refractivity contribution >= 4 is 40.8 Å². The van der Waals surface area contributed by atoms with Crippen molar-refractivity contribution in [3.8, 4) is 6.07 Å². The van der Waals surface area contributed by atoms with E-state index < -0.39 is 42.0 Å². The number of carbonyl (C=O) groups excluding carboxylic acids is 4. The summed E-state index contributed by atoms with van der Waals surface area (Å²) in [5, 5.41) is 13.6. The van der Waals surface area contributed by atoms with Crippen LogP contribution in [0.25, 0.3) is 0 Å². The number of nitrogens with zero attached hydrogens (tertiary/aromatic N) is 1. The molecule has 1 rings (SSSR count). The first-order valence-electron chi connectivity index (χ1n) is 8.80. The minimum atomic E-state index is -4.88. The molecule has 0 fully saturated rings. The molecule has 0 heterocycles. The number of thioether (sulfide) groups is 1. The van der Waals surface area contributed by atoms with Crippen LogP contribution < -0.4 is 10.6 Å². The Morgan fingerprint density at radius 1 is 1.23 bits per heavy atom. The summed E-state index contributed by atoms with van der Waals surface area (Å²) < 4.78 is 36.5. The van der Waals surface area contributed by atoms with E-state index in [1.807, 2.05) is 0 Å². The molecule has 0 aliphatic rings. The van der Waals surface area contributed by atoms with Crippen LogP contribution in [0.2, 0.25) is 0 Å². The highest BCUT2D eigenvalue weighted by Crippen LogP contribution is 2.19. The number of nitrogens with one attached hydrogen (secondary N) is 2. The van der Waals surface area contributed by atoms with Crippen molar-refractivity contribution in [3.63, 3.8) is 0 Å². The molecule has 2 N–H and O–H groups in total. The Labute approximate surface area is 175 Å². The smallest absolute Gasteiger partial charge is 0.343 e. The van der Waals surface area contributed by atoms with E-state index in [9.17, 15) is 32.3 Å². The first-order chi connectivity index (χ1) is 14.0. The Morgan fingerprint density at radius 2 is 1.93 bits per heavy atom. The van der Waals surface area contributed by atoms with E-state index in [4.69, 9.17) is 5.26 Å². The molecule has 1 aromatic rings. The fourth-order valence-electron chi connectivity index (χ4n) is 2.27. The maximum Gasteiger partial charge on any atom is 0.450 e. The molecule has 0 aromatic heterocycles. The molecule has 0 saturated heterocycles. The van der Waals surface area contributed by atoms with Gasteiger partial charge in [0.2, 0.25) is 17.6 Å². The molecule has 0 saturated carbocycles. The molecular weight excluding hydrogens is 423 g/mol. The summed E-state index contributed by atoms with van der Waals surface area (Å²) in [6, 6.07) is 6.78. The molecule has 0 bridgehead atoms. The maximum absolute atomic E-state index is 12.5. The maximum atomic E-state index is 12.5. The largest absolute Gasteiger partial charge is 0.450 e. The van der Waals surface area contributed by atoms with Gasteiger partial charge in [0.15, 0.2) is 5.78 Å². The Hall–Kier alpha value is -2.87. The van der Waals surface area contributed by atoms with Gasteiger partial charge in [-0.2, -0.15) is 30.2 Å². The van der Waals surface area contributed by atoms with Gasteiger partial charge in [-0.15, -0.1) is 0 Å². The number of hydrogen-bond acceptors (Lipinski definition) is 6. The second-order valence-electron chi connectivity index (χ2n) is 6.20. The molecule has 1 atom stereocenters. The number of rotatable bonds is 11. The number of amides is 2. The summed E-state index contributed by atoms with van der Waals surface area (Å²) in [7, 11) is 0. The quantitative estimate of drug-likeness (QED) is 0.401. The van der Waals surface area contributed by atoms with E-state index >= 15 is 0 Å². The van der Waals surface area contributed by atoms with Crippen LogP contribution in [0.1, 0.15) is 36.5 Å². The van der Waals surface area contributed by atoms with Gasteiger partial charge in [-0.3, -0.25) is 19.2 Å². The standard InChI is InChI=1S/C19H20F3N3O4S/c1-12(26)13-4-2-5-14(10-13)24-18(29)15(25-17(28)7-8-23)6-3-9-30-11-16(27)19(20,21)22/h2,4-5,10,15H,3,6-7,9,11H2,1H3,(H,24,29)(H,25,28)/t15-/m0/s1. The Balaban J connectivity index is 2.68. The lowest BCUT2D eigenvalue weighted by atomic mass is 10.1. The summed E-state index contributed by atoms with van der Waals surface area (Å²) >= 11 is 0.776. The van der Waals surface area contributed by atoms with Crippen molar-refractivity contribution in [2.75, 3.05) is 16.8 Å². The van der Waals surface area contributed by atoms with Crippen LogP contribution >= 0.6 is 11.8 Å². The number of ketones is 2. The van der Waals surface area contributed by atoms with E-state index in [1.165, 1.54) is 13.0 Å². The lowest BCUT2D eigenvalue weighted by Gasteiger charge is -2.18. The van der Waals surface area contributed by atoms with Crippen LogP contribution in [0.5, 0.6) is 0 Å². The van der Waals surface area contributed by atoms with Gasteiger partial charge >= 0.3 is 6.18 Å². The lowest BCUT2D eigenvalue weighted by Crippen LogP contribution is -2.43. The monoisotopic (exact) mass is 443 g/mol. The first kappa shape index (κ1) is 25.2. The van der Waals surface area contributed by atoms with E-state index in [1.54, 1.807) is 24.3 Å². The third-order valence-electron chi connectivity index (χ3n) is 3.76. The van der Waals surface area contributed by atoms with Gasteiger partial charge in [-0.25, -0.2) is 0 Å². The molecule has 2 amide bonds. The van der Waals surface area contributed by atoms with Gasteiger partial charge in [-0.05, 0) is 37.7 Å². The third kappa shape index (κ3) is 9.09. The third-order valence-corrected chi connectivity index (χ3v) is 4.80. The van der Waals surface area contributed by atoms with Crippen LogP contribution in [0, 0.1) is 11.3 Å². The lowest BCUT2D eigenvalue weighted by molar-refractivity contribution is -0.167. The summed E-state index contributed by atoms with van der Waals surface area (Å²) in [5.74, 6) is -3.86. The molecule has 0 radical (unpaired) electrons. The van der Waals surface area contributed by atoms with E-state index in [0.29, 0.717) is 11.3 Å². The molecule has 0 aliphatic heterocycles. The Morgan fingerprint density at radius 3 is 2.53 bits per heavy atom. The van der Waals surface area contributed by atoms with Gasteiger partial charge in [0.05, 0.1) is 11.8 Å². The van der Waals surface area contributed by atoms with Crippen LogP contribution in [0.3, 0.4) is 0 Å². The fraction of sp³-hybridized carbons (Fsp3) is 0.421. The molecule has 7 nitrogen and oxygen atoms in total. The van der Waals surface area contributed by atoms with Crippen molar-refractivity contribution in [1.82, 2.24) is 5.32 Å². The average molecular weight is 443 g/mol.